The lowest BCUT2D eigenvalue weighted by Gasteiger charge is -2.25. The highest BCUT2D eigenvalue weighted by Gasteiger charge is 2.32. The monoisotopic (exact) mass is 399 g/mol. The van der Waals surface area contributed by atoms with E-state index in [1.54, 1.807) is 12.1 Å². The number of carbonyl (C=O) groups is 1. The Labute approximate surface area is 161 Å². The number of likely N-dealkylation sites (tertiary alicyclic amines) is 1. The third-order valence-electron chi connectivity index (χ3n) is 5.64. The van der Waals surface area contributed by atoms with Crippen molar-refractivity contribution in [2.45, 2.75) is 44.7 Å². The summed E-state index contributed by atoms with van der Waals surface area (Å²) in [5.74, 6) is 0.262. The number of fused-ring (bicyclic) bond motifs is 2. The van der Waals surface area contributed by atoms with Crippen LogP contribution in [0.25, 0.3) is 0 Å². The third-order valence-corrected chi connectivity index (χ3v) is 7.51. The molecule has 0 saturated carbocycles. The number of nitrogens with one attached hydrogen (secondary N) is 1. The smallest absolute Gasteiger partial charge is 0.254 e. The van der Waals surface area contributed by atoms with Crippen molar-refractivity contribution < 1.29 is 13.2 Å². The zero-order valence-electron chi connectivity index (χ0n) is 15.0. The van der Waals surface area contributed by atoms with Gasteiger partial charge in [-0.25, -0.2) is 8.42 Å². The van der Waals surface area contributed by atoms with Crippen molar-refractivity contribution in [1.82, 2.24) is 10.2 Å². The van der Waals surface area contributed by atoms with Crippen LogP contribution in [-0.2, 0) is 10.0 Å². The van der Waals surface area contributed by atoms with Crippen LogP contribution in [0.2, 0.25) is 0 Å². The van der Waals surface area contributed by atoms with Crippen LogP contribution in [0.4, 0.5) is 5.69 Å². The summed E-state index contributed by atoms with van der Waals surface area (Å²) in [6.45, 7) is 3.96. The molecule has 0 radical (unpaired) electrons. The van der Waals surface area contributed by atoms with Crippen LogP contribution in [0.1, 0.15) is 41.6 Å². The Morgan fingerprint density at radius 3 is 2.62 bits per heavy atom. The van der Waals surface area contributed by atoms with Gasteiger partial charge in [0.1, 0.15) is 0 Å². The van der Waals surface area contributed by atoms with Crippen molar-refractivity contribution in [2.75, 3.05) is 29.7 Å². The van der Waals surface area contributed by atoms with Gasteiger partial charge in [0.15, 0.2) is 0 Å². The quantitative estimate of drug-likeness (QED) is 0.824. The maximum atomic E-state index is 13.0. The Morgan fingerprint density at radius 1 is 1.15 bits per heavy atom. The molecule has 3 fully saturated rings. The van der Waals surface area contributed by atoms with Gasteiger partial charge in [-0.3, -0.25) is 9.10 Å². The number of nitrogens with zero attached hydrogens (tertiary/aromatic N) is 2. The van der Waals surface area contributed by atoms with E-state index in [2.05, 4.69) is 5.32 Å². The molecule has 1 aromatic carbocycles. The van der Waals surface area contributed by atoms with Gasteiger partial charge < -0.3 is 10.2 Å². The van der Waals surface area contributed by atoms with Gasteiger partial charge in [-0.2, -0.15) is 0 Å². The van der Waals surface area contributed by atoms with Crippen LogP contribution >= 0.6 is 12.4 Å². The van der Waals surface area contributed by atoms with Crippen LogP contribution in [0.3, 0.4) is 0 Å². The standard InChI is InChI=1S/C18H25N3O3S.ClH/c1-13-11-16(21-8-2-10-25(21,23)24)5-6-17(13)18(22)20-9-7-14-3-4-15(12-20)19-14;/h5-6,11,14-15,19H,2-4,7-10,12H2,1H3;1H. The fourth-order valence-electron chi connectivity index (χ4n) is 4.27. The molecule has 0 aromatic heterocycles. The Hall–Kier alpha value is -1.31. The third kappa shape index (κ3) is 3.57. The van der Waals surface area contributed by atoms with Crippen molar-refractivity contribution in [2.24, 2.45) is 0 Å². The summed E-state index contributed by atoms with van der Waals surface area (Å²) in [7, 11) is -3.19. The number of anilines is 1. The zero-order chi connectivity index (χ0) is 17.6. The van der Waals surface area contributed by atoms with Crippen LogP contribution in [0.15, 0.2) is 18.2 Å². The van der Waals surface area contributed by atoms with Crippen molar-refractivity contribution >= 4 is 34.0 Å². The predicted octanol–water partition coefficient (Wildman–Crippen LogP) is 1.92. The van der Waals surface area contributed by atoms with E-state index >= 15 is 0 Å². The summed E-state index contributed by atoms with van der Waals surface area (Å²) in [5.41, 5.74) is 2.19. The molecule has 3 aliphatic rings. The summed E-state index contributed by atoms with van der Waals surface area (Å²) in [6.07, 6.45) is 4.01. The van der Waals surface area contributed by atoms with Crippen LogP contribution in [0.5, 0.6) is 0 Å². The molecule has 2 bridgehead atoms. The van der Waals surface area contributed by atoms with Crippen molar-refractivity contribution in [3.05, 3.63) is 29.3 Å². The summed E-state index contributed by atoms with van der Waals surface area (Å²) < 4.78 is 25.7. The summed E-state index contributed by atoms with van der Waals surface area (Å²) in [4.78, 5) is 14.9. The molecule has 0 spiro atoms. The van der Waals surface area contributed by atoms with E-state index in [0.717, 1.165) is 31.5 Å². The normalized spacial score (nSPS) is 27.1. The van der Waals surface area contributed by atoms with Crippen LogP contribution < -0.4 is 9.62 Å². The number of carbonyl (C=O) groups excluding carboxylic acids is 1. The number of sulfonamides is 1. The lowest BCUT2D eigenvalue weighted by Crippen LogP contribution is -2.39. The molecule has 1 N–H and O–H groups in total. The predicted molar refractivity (Wildman–Crippen MR) is 105 cm³/mol. The average Bonchev–Trinajstić information content (AvgIpc) is 3.08. The number of halogens is 1. The Kier molecular flexibility index (Phi) is 5.51. The van der Waals surface area contributed by atoms with Gasteiger partial charge in [0, 0.05) is 37.3 Å². The minimum absolute atomic E-state index is 0. The first-order valence-electron chi connectivity index (χ1n) is 9.10. The first-order chi connectivity index (χ1) is 11.9. The molecule has 1 aromatic rings. The Bertz CT molecular complexity index is 799. The minimum atomic E-state index is -3.19. The Morgan fingerprint density at radius 2 is 1.92 bits per heavy atom. The number of amides is 1. The fraction of sp³-hybridized carbons (Fsp3) is 0.611. The van der Waals surface area contributed by atoms with Gasteiger partial charge in [0.05, 0.1) is 11.4 Å². The zero-order valence-corrected chi connectivity index (χ0v) is 16.6. The molecule has 4 rings (SSSR count). The number of aryl methyl sites for hydroxylation is 1. The van der Waals surface area contributed by atoms with Crippen molar-refractivity contribution in [1.29, 1.82) is 0 Å². The van der Waals surface area contributed by atoms with E-state index in [1.807, 2.05) is 17.9 Å². The first-order valence-corrected chi connectivity index (χ1v) is 10.7. The molecular formula is C18H26ClN3O3S. The van der Waals surface area contributed by atoms with Crippen molar-refractivity contribution in [3.63, 3.8) is 0 Å². The molecule has 144 valence electrons. The molecule has 1 amide bonds. The molecule has 0 aliphatic carbocycles. The molecule has 3 saturated heterocycles. The second-order valence-electron chi connectivity index (χ2n) is 7.42. The molecule has 2 atom stereocenters. The molecule has 8 heteroatoms. The second kappa shape index (κ2) is 7.37. The average molecular weight is 400 g/mol. The van der Waals surface area contributed by atoms with E-state index in [4.69, 9.17) is 0 Å². The molecule has 26 heavy (non-hydrogen) atoms. The van der Waals surface area contributed by atoms with Crippen molar-refractivity contribution in [3.8, 4) is 0 Å². The second-order valence-corrected chi connectivity index (χ2v) is 9.43. The summed E-state index contributed by atoms with van der Waals surface area (Å²) >= 11 is 0. The highest BCUT2D eigenvalue weighted by molar-refractivity contribution is 7.93. The number of hydrogen-bond donors (Lipinski definition) is 1. The minimum Gasteiger partial charge on any atom is -0.337 e. The van der Waals surface area contributed by atoms with E-state index < -0.39 is 10.0 Å². The molecular weight excluding hydrogens is 374 g/mol. The number of rotatable bonds is 2. The van der Waals surface area contributed by atoms with Gasteiger partial charge in [0.2, 0.25) is 10.0 Å². The maximum Gasteiger partial charge on any atom is 0.254 e. The van der Waals surface area contributed by atoms with Gasteiger partial charge in [-0.05, 0) is 56.4 Å². The highest BCUT2D eigenvalue weighted by Crippen LogP contribution is 2.27. The topological polar surface area (TPSA) is 69.7 Å². The van der Waals surface area contributed by atoms with E-state index in [-0.39, 0.29) is 24.1 Å². The van der Waals surface area contributed by atoms with Gasteiger partial charge in [0.25, 0.3) is 5.91 Å². The lowest BCUT2D eigenvalue weighted by molar-refractivity contribution is 0.0747. The number of hydrogen-bond acceptors (Lipinski definition) is 4. The fourth-order valence-corrected chi connectivity index (χ4v) is 5.83. The van der Waals surface area contributed by atoms with Gasteiger partial charge >= 0.3 is 0 Å². The SMILES string of the molecule is Cc1cc(N2CCCS2(=O)=O)ccc1C(=O)N1CCC2CCC(C1)N2.Cl. The van der Waals surface area contributed by atoms with E-state index in [9.17, 15) is 13.2 Å². The maximum absolute atomic E-state index is 13.0. The lowest BCUT2D eigenvalue weighted by atomic mass is 10.0. The highest BCUT2D eigenvalue weighted by atomic mass is 35.5. The number of benzene rings is 1. The van der Waals surface area contributed by atoms with Gasteiger partial charge in [-0.15, -0.1) is 12.4 Å². The van der Waals surface area contributed by atoms with Crippen LogP contribution in [0, 0.1) is 6.92 Å². The summed E-state index contributed by atoms with van der Waals surface area (Å²) in [6, 6.07) is 6.35. The molecule has 6 nitrogen and oxygen atoms in total. The van der Waals surface area contributed by atoms with E-state index in [0.29, 0.717) is 36.3 Å². The van der Waals surface area contributed by atoms with Crippen LogP contribution in [-0.4, -0.2) is 56.7 Å². The molecule has 3 aliphatic heterocycles. The first kappa shape index (κ1) is 19.5. The van der Waals surface area contributed by atoms with Gasteiger partial charge in [-0.1, -0.05) is 0 Å². The van der Waals surface area contributed by atoms with E-state index in [1.165, 1.54) is 10.7 Å². The molecule has 2 unspecified atom stereocenters. The Balaban J connectivity index is 0.00000196. The summed E-state index contributed by atoms with van der Waals surface area (Å²) in [5, 5.41) is 3.59. The molecule has 3 heterocycles. The largest absolute Gasteiger partial charge is 0.337 e.